The van der Waals surface area contributed by atoms with E-state index >= 15 is 0 Å². The summed E-state index contributed by atoms with van der Waals surface area (Å²) in [5.41, 5.74) is 6.72. The molecule has 0 aliphatic heterocycles. The van der Waals surface area contributed by atoms with E-state index in [2.05, 4.69) is 0 Å². The highest BCUT2D eigenvalue weighted by Crippen LogP contribution is 2.27. The summed E-state index contributed by atoms with van der Waals surface area (Å²) in [6.45, 7) is 1.75. The van der Waals surface area contributed by atoms with Gasteiger partial charge in [-0.3, -0.25) is 0 Å². The van der Waals surface area contributed by atoms with Gasteiger partial charge in [-0.2, -0.15) is 0 Å². The number of rotatable bonds is 6. The van der Waals surface area contributed by atoms with Crippen LogP contribution in [-0.4, -0.2) is 41.3 Å². The summed E-state index contributed by atoms with van der Waals surface area (Å²) >= 11 is 1.29. The Bertz CT molecular complexity index is 411. The number of thioether (sulfide) groups is 1. The monoisotopic (exact) mass is 271 g/mol. The Hall–Kier alpha value is -1.24. The number of nitrogen functional groups attached to an aromatic ring is 1. The minimum absolute atomic E-state index is 0.301. The van der Waals surface area contributed by atoms with Gasteiger partial charge in [-0.05, 0) is 25.1 Å². The van der Waals surface area contributed by atoms with E-state index in [0.29, 0.717) is 28.5 Å². The first-order valence-corrected chi connectivity index (χ1v) is 6.55. The summed E-state index contributed by atoms with van der Waals surface area (Å²) in [4.78, 5) is 12.2. The van der Waals surface area contributed by atoms with Gasteiger partial charge in [0.05, 0.1) is 24.9 Å². The molecular formula is C12H17NO4S. The fraction of sp³-hybridized carbons (Fsp3) is 0.417. The molecule has 5 nitrogen and oxygen atoms in total. The summed E-state index contributed by atoms with van der Waals surface area (Å²) in [5.74, 6) is -0.0884. The minimum atomic E-state index is -0.805. The van der Waals surface area contributed by atoms with E-state index in [1.54, 1.807) is 25.1 Å². The molecule has 0 saturated heterocycles. The fourth-order valence-corrected chi connectivity index (χ4v) is 2.16. The van der Waals surface area contributed by atoms with E-state index < -0.39 is 12.1 Å². The molecule has 0 bridgehead atoms. The van der Waals surface area contributed by atoms with E-state index in [9.17, 15) is 9.90 Å². The maximum atomic E-state index is 11.5. The van der Waals surface area contributed by atoms with Crippen molar-refractivity contribution >= 4 is 23.4 Å². The van der Waals surface area contributed by atoms with Crippen molar-refractivity contribution in [3.63, 3.8) is 0 Å². The number of aliphatic hydroxyl groups is 2. The summed E-state index contributed by atoms with van der Waals surface area (Å²) in [6.07, 6.45) is -0.805. The molecule has 1 aromatic carbocycles. The number of ether oxygens (including phenoxy) is 1. The van der Waals surface area contributed by atoms with Crippen LogP contribution in [0.3, 0.4) is 0 Å². The lowest BCUT2D eigenvalue weighted by Gasteiger charge is -2.10. The Labute approximate surface area is 110 Å². The maximum Gasteiger partial charge on any atom is 0.338 e. The van der Waals surface area contributed by atoms with Crippen LogP contribution >= 0.6 is 11.8 Å². The normalized spacial score (nSPS) is 12.2. The van der Waals surface area contributed by atoms with Gasteiger partial charge >= 0.3 is 5.97 Å². The van der Waals surface area contributed by atoms with Gasteiger partial charge < -0.3 is 20.7 Å². The molecule has 0 aliphatic rings. The van der Waals surface area contributed by atoms with Gasteiger partial charge in [0.15, 0.2) is 0 Å². The Morgan fingerprint density at radius 1 is 1.56 bits per heavy atom. The van der Waals surface area contributed by atoms with Gasteiger partial charge in [0.25, 0.3) is 0 Å². The highest BCUT2D eigenvalue weighted by atomic mass is 32.2. The molecule has 100 valence electrons. The number of hydrogen-bond donors (Lipinski definition) is 3. The molecule has 18 heavy (non-hydrogen) atoms. The summed E-state index contributed by atoms with van der Waals surface area (Å²) in [7, 11) is 0. The molecule has 0 aromatic heterocycles. The van der Waals surface area contributed by atoms with Gasteiger partial charge in [0.2, 0.25) is 0 Å². The highest BCUT2D eigenvalue weighted by molar-refractivity contribution is 7.99. The van der Waals surface area contributed by atoms with Crippen LogP contribution in [0.2, 0.25) is 0 Å². The van der Waals surface area contributed by atoms with Crippen molar-refractivity contribution in [1.82, 2.24) is 0 Å². The molecule has 0 amide bonds. The molecule has 1 atom stereocenters. The predicted molar refractivity (Wildman–Crippen MR) is 70.6 cm³/mol. The van der Waals surface area contributed by atoms with Crippen LogP contribution in [0, 0.1) is 0 Å². The first-order valence-electron chi connectivity index (χ1n) is 5.56. The molecule has 0 heterocycles. The second-order valence-electron chi connectivity index (χ2n) is 3.62. The zero-order chi connectivity index (χ0) is 13.5. The molecule has 6 heteroatoms. The largest absolute Gasteiger partial charge is 0.462 e. The lowest BCUT2D eigenvalue weighted by atomic mass is 10.2. The average molecular weight is 271 g/mol. The lowest BCUT2D eigenvalue weighted by molar-refractivity contribution is 0.0526. The zero-order valence-electron chi connectivity index (χ0n) is 10.1. The first-order chi connectivity index (χ1) is 8.58. The first kappa shape index (κ1) is 14.8. The standard InChI is InChI=1S/C12H17NO4S/c1-2-17-12(16)8-3-4-10(13)11(5-8)18-7-9(15)6-14/h3-5,9,14-15H,2,6-7,13H2,1H3. The van der Waals surface area contributed by atoms with Crippen molar-refractivity contribution < 1.29 is 19.7 Å². The Morgan fingerprint density at radius 3 is 2.89 bits per heavy atom. The number of benzene rings is 1. The van der Waals surface area contributed by atoms with Crippen molar-refractivity contribution in [2.75, 3.05) is 24.7 Å². The van der Waals surface area contributed by atoms with E-state index in [1.807, 2.05) is 0 Å². The minimum Gasteiger partial charge on any atom is -0.462 e. The van der Waals surface area contributed by atoms with Gasteiger partial charge in [-0.15, -0.1) is 11.8 Å². The SMILES string of the molecule is CCOC(=O)c1ccc(N)c(SCC(O)CO)c1. The molecule has 0 saturated carbocycles. The third kappa shape index (κ3) is 4.21. The van der Waals surface area contributed by atoms with Crippen molar-refractivity contribution in [2.45, 2.75) is 17.9 Å². The van der Waals surface area contributed by atoms with Crippen molar-refractivity contribution in [2.24, 2.45) is 0 Å². The number of carbonyl (C=O) groups is 1. The number of hydrogen-bond acceptors (Lipinski definition) is 6. The van der Waals surface area contributed by atoms with Gasteiger partial charge in [0.1, 0.15) is 0 Å². The Balaban J connectivity index is 2.78. The van der Waals surface area contributed by atoms with Crippen LogP contribution in [0.5, 0.6) is 0 Å². The molecular weight excluding hydrogens is 254 g/mol. The number of esters is 1. The van der Waals surface area contributed by atoms with Gasteiger partial charge in [-0.1, -0.05) is 0 Å². The zero-order valence-corrected chi connectivity index (χ0v) is 10.9. The summed E-state index contributed by atoms with van der Waals surface area (Å²) in [5, 5.41) is 18.0. The molecule has 0 aliphatic carbocycles. The lowest BCUT2D eigenvalue weighted by Crippen LogP contribution is -2.14. The van der Waals surface area contributed by atoms with Crippen LogP contribution in [0.1, 0.15) is 17.3 Å². The molecule has 0 spiro atoms. The molecule has 0 fully saturated rings. The van der Waals surface area contributed by atoms with Gasteiger partial charge in [-0.25, -0.2) is 4.79 Å². The van der Waals surface area contributed by atoms with E-state index in [4.69, 9.17) is 15.6 Å². The van der Waals surface area contributed by atoms with Crippen LogP contribution < -0.4 is 5.73 Å². The fourth-order valence-electron chi connectivity index (χ4n) is 1.24. The number of aliphatic hydroxyl groups excluding tert-OH is 2. The maximum absolute atomic E-state index is 11.5. The molecule has 1 unspecified atom stereocenters. The van der Waals surface area contributed by atoms with Crippen LogP contribution in [0.25, 0.3) is 0 Å². The molecule has 1 aromatic rings. The van der Waals surface area contributed by atoms with Crippen LogP contribution in [-0.2, 0) is 4.74 Å². The quantitative estimate of drug-likeness (QED) is 0.404. The molecule has 0 radical (unpaired) electrons. The average Bonchev–Trinajstić information content (AvgIpc) is 2.37. The number of carbonyl (C=O) groups excluding carboxylic acids is 1. The van der Waals surface area contributed by atoms with Crippen molar-refractivity contribution in [1.29, 1.82) is 0 Å². The van der Waals surface area contributed by atoms with Crippen LogP contribution in [0.4, 0.5) is 5.69 Å². The van der Waals surface area contributed by atoms with Crippen molar-refractivity contribution in [3.8, 4) is 0 Å². The third-order valence-corrected chi connectivity index (χ3v) is 3.38. The van der Waals surface area contributed by atoms with E-state index in [-0.39, 0.29) is 6.61 Å². The summed E-state index contributed by atoms with van der Waals surface area (Å²) in [6, 6.07) is 4.85. The second kappa shape index (κ2) is 7.25. The smallest absolute Gasteiger partial charge is 0.338 e. The van der Waals surface area contributed by atoms with Gasteiger partial charge in [0, 0.05) is 16.3 Å². The number of nitrogens with two attached hydrogens (primary N) is 1. The van der Waals surface area contributed by atoms with Crippen molar-refractivity contribution in [3.05, 3.63) is 23.8 Å². The third-order valence-electron chi connectivity index (χ3n) is 2.17. The molecule has 1 rings (SSSR count). The van der Waals surface area contributed by atoms with Crippen LogP contribution in [0.15, 0.2) is 23.1 Å². The predicted octanol–water partition coefficient (Wildman–Crippen LogP) is 0.891. The number of anilines is 1. The van der Waals surface area contributed by atoms with E-state index in [1.165, 1.54) is 11.8 Å². The summed E-state index contributed by atoms with van der Waals surface area (Å²) < 4.78 is 4.89. The topological polar surface area (TPSA) is 92.8 Å². The highest BCUT2D eigenvalue weighted by Gasteiger charge is 2.11. The Kier molecular flexibility index (Phi) is 5.97. The second-order valence-corrected chi connectivity index (χ2v) is 4.68. The van der Waals surface area contributed by atoms with E-state index in [0.717, 1.165) is 0 Å². The Morgan fingerprint density at radius 2 is 2.28 bits per heavy atom. The molecule has 4 N–H and O–H groups in total.